The highest BCUT2D eigenvalue weighted by atomic mass is 32.2. The van der Waals surface area contributed by atoms with E-state index in [1.807, 2.05) is 12.1 Å². The van der Waals surface area contributed by atoms with Crippen molar-refractivity contribution in [2.45, 2.75) is 5.88 Å². The Morgan fingerprint density at radius 2 is 2.00 bits per heavy atom. The van der Waals surface area contributed by atoms with Gasteiger partial charge in [0.15, 0.2) is 11.1 Å². The summed E-state index contributed by atoms with van der Waals surface area (Å²) in [5.41, 5.74) is 0. The molecule has 0 spiro atoms. The predicted molar refractivity (Wildman–Crippen MR) is 35.2 cm³/mol. The predicted octanol–water partition coefficient (Wildman–Crippen LogP) is 0.667. The van der Waals surface area contributed by atoms with Crippen LogP contribution in [0, 0.1) is 0 Å². The van der Waals surface area contributed by atoms with Gasteiger partial charge in [-0.25, -0.2) is 4.21 Å². The molecule has 1 unspecified atom stereocenters. The SMILES string of the molecule is O=S(O)Cn1cccc1. The molecule has 1 aromatic heterocycles. The molecule has 0 aliphatic carbocycles. The molecule has 0 aromatic carbocycles. The second-order valence-electron chi connectivity index (χ2n) is 1.65. The van der Waals surface area contributed by atoms with E-state index in [0.29, 0.717) is 0 Å². The van der Waals surface area contributed by atoms with Gasteiger partial charge in [-0.2, -0.15) is 0 Å². The lowest BCUT2D eigenvalue weighted by atomic mass is 10.7. The minimum Gasteiger partial charge on any atom is -0.340 e. The van der Waals surface area contributed by atoms with Crippen molar-refractivity contribution in [1.82, 2.24) is 4.57 Å². The van der Waals surface area contributed by atoms with Gasteiger partial charge >= 0.3 is 0 Å². The lowest BCUT2D eigenvalue weighted by molar-refractivity contribution is 0.552. The summed E-state index contributed by atoms with van der Waals surface area (Å²) >= 11 is -1.73. The summed E-state index contributed by atoms with van der Waals surface area (Å²) < 4.78 is 20.2. The number of rotatable bonds is 2. The Balaban J connectivity index is 2.58. The van der Waals surface area contributed by atoms with Crippen molar-refractivity contribution in [3.8, 4) is 0 Å². The third-order valence-corrected chi connectivity index (χ3v) is 1.44. The summed E-state index contributed by atoms with van der Waals surface area (Å²) in [6.45, 7) is 0. The zero-order valence-corrected chi connectivity index (χ0v) is 5.54. The summed E-state index contributed by atoms with van der Waals surface area (Å²) in [7, 11) is 0. The Morgan fingerprint density at radius 1 is 1.44 bits per heavy atom. The summed E-state index contributed by atoms with van der Waals surface area (Å²) in [6, 6.07) is 3.62. The molecule has 50 valence electrons. The van der Waals surface area contributed by atoms with Crippen LogP contribution in [0.2, 0.25) is 0 Å². The third-order valence-electron chi connectivity index (χ3n) is 0.926. The Labute approximate surface area is 55.6 Å². The first-order chi connectivity index (χ1) is 4.29. The van der Waals surface area contributed by atoms with Gasteiger partial charge in [0.05, 0.1) is 0 Å². The van der Waals surface area contributed by atoms with Crippen LogP contribution in [0.5, 0.6) is 0 Å². The Bertz CT molecular complexity index is 195. The summed E-state index contributed by atoms with van der Waals surface area (Å²) in [5.74, 6) is 0.160. The van der Waals surface area contributed by atoms with Crippen molar-refractivity contribution in [2.75, 3.05) is 0 Å². The van der Waals surface area contributed by atoms with Crippen LogP contribution in [0.1, 0.15) is 0 Å². The first-order valence-corrected chi connectivity index (χ1v) is 3.75. The number of aromatic nitrogens is 1. The van der Waals surface area contributed by atoms with E-state index in [4.69, 9.17) is 4.55 Å². The van der Waals surface area contributed by atoms with Gasteiger partial charge in [-0.1, -0.05) is 0 Å². The van der Waals surface area contributed by atoms with Crippen LogP contribution in [0.25, 0.3) is 0 Å². The zero-order valence-electron chi connectivity index (χ0n) is 4.73. The summed E-state index contributed by atoms with van der Waals surface area (Å²) in [5, 5.41) is 0. The van der Waals surface area contributed by atoms with Gasteiger partial charge < -0.3 is 9.12 Å². The van der Waals surface area contributed by atoms with Crippen molar-refractivity contribution in [2.24, 2.45) is 0 Å². The quantitative estimate of drug-likeness (QED) is 0.621. The van der Waals surface area contributed by atoms with E-state index in [2.05, 4.69) is 0 Å². The fourth-order valence-electron chi connectivity index (χ4n) is 0.584. The average molecular weight is 145 g/mol. The maximum atomic E-state index is 10.2. The maximum absolute atomic E-state index is 10.2. The fourth-order valence-corrected chi connectivity index (χ4v) is 1.01. The Morgan fingerprint density at radius 3 is 2.44 bits per heavy atom. The highest BCUT2D eigenvalue weighted by Crippen LogP contribution is 1.90. The largest absolute Gasteiger partial charge is 0.340 e. The highest BCUT2D eigenvalue weighted by molar-refractivity contribution is 7.78. The van der Waals surface area contributed by atoms with Gasteiger partial charge in [0.1, 0.15) is 5.88 Å². The molecule has 1 heterocycles. The molecule has 1 atom stereocenters. The first-order valence-electron chi connectivity index (χ1n) is 2.47. The minimum absolute atomic E-state index is 0.160. The van der Waals surface area contributed by atoms with Gasteiger partial charge in [-0.3, -0.25) is 0 Å². The monoisotopic (exact) mass is 145 g/mol. The van der Waals surface area contributed by atoms with Crippen molar-refractivity contribution >= 4 is 11.1 Å². The van der Waals surface area contributed by atoms with Gasteiger partial charge in [0.25, 0.3) is 0 Å². The van der Waals surface area contributed by atoms with E-state index in [-0.39, 0.29) is 5.88 Å². The standard InChI is InChI=1S/C5H7NO2S/c7-9(8)5-6-3-1-2-4-6/h1-4H,5H2,(H,7,8). The topological polar surface area (TPSA) is 42.2 Å². The Kier molecular flexibility index (Phi) is 2.02. The molecule has 0 bridgehead atoms. The molecule has 9 heavy (non-hydrogen) atoms. The molecule has 3 nitrogen and oxygen atoms in total. The van der Waals surface area contributed by atoms with Crippen molar-refractivity contribution in [3.05, 3.63) is 24.5 Å². The minimum atomic E-state index is -1.73. The van der Waals surface area contributed by atoms with E-state index in [0.717, 1.165) is 0 Å². The molecule has 0 aliphatic rings. The molecular weight excluding hydrogens is 138 g/mol. The molecule has 1 N–H and O–H groups in total. The summed E-state index contributed by atoms with van der Waals surface area (Å²) in [6.07, 6.45) is 3.49. The number of nitrogens with zero attached hydrogens (tertiary/aromatic N) is 1. The zero-order chi connectivity index (χ0) is 6.69. The molecule has 0 saturated carbocycles. The number of hydrogen-bond donors (Lipinski definition) is 1. The van der Waals surface area contributed by atoms with Crippen LogP contribution in [0.4, 0.5) is 0 Å². The molecule has 4 heteroatoms. The molecule has 0 saturated heterocycles. The molecule has 0 fully saturated rings. The van der Waals surface area contributed by atoms with Gasteiger partial charge in [-0.15, -0.1) is 0 Å². The molecule has 0 radical (unpaired) electrons. The average Bonchev–Trinajstić information content (AvgIpc) is 2.15. The van der Waals surface area contributed by atoms with Crippen LogP contribution < -0.4 is 0 Å². The molecule has 0 aliphatic heterocycles. The first kappa shape index (κ1) is 6.51. The lowest BCUT2D eigenvalue weighted by Gasteiger charge is -1.94. The van der Waals surface area contributed by atoms with Crippen LogP contribution in [-0.2, 0) is 17.0 Å². The fraction of sp³-hybridized carbons (Fsp3) is 0.200. The molecule has 0 amide bonds. The van der Waals surface area contributed by atoms with Crippen LogP contribution in [-0.4, -0.2) is 13.3 Å². The molecular formula is C5H7NO2S. The highest BCUT2D eigenvalue weighted by Gasteiger charge is 1.91. The molecule has 1 rings (SSSR count). The van der Waals surface area contributed by atoms with Crippen molar-refractivity contribution < 1.29 is 8.76 Å². The van der Waals surface area contributed by atoms with Gasteiger partial charge in [0, 0.05) is 12.4 Å². The van der Waals surface area contributed by atoms with Crippen molar-refractivity contribution in [3.63, 3.8) is 0 Å². The maximum Gasteiger partial charge on any atom is 0.173 e. The molecule has 1 aromatic rings. The van der Waals surface area contributed by atoms with E-state index in [1.54, 1.807) is 17.0 Å². The van der Waals surface area contributed by atoms with Crippen LogP contribution in [0.3, 0.4) is 0 Å². The van der Waals surface area contributed by atoms with E-state index in [1.165, 1.54) is 0 Å². The number of hydrogen-bond acceptors (Lipinski definition) is 1. The van der Waals surface area contributed by atoms with Crippen molar-refractivity contribution in [1.29, 1.82) is 0 Å². The van der Waals surface area contributed by atoms with Gasteiger partial charge in [0.2, 0.25) is 0 Å². The second-order valence-corrected chi connectivity index (χ2v) is 2.55. The Hall–Kier alpha value is -0.610. The summed E-state index contributed by atoms with van der Waals surface area (Å²) in [4.78, 5) is 0. The van der Waals surface area contributed by atoms with Crippen LogP contribution >= 0.6 is 0 Å². The van der Waals surface area contributed by atoms with Gasteiger partial charge in [-0.05, 0) is 12.1 Å². The van der Waals surface area contributed by atoms with E-state index in [9.17, 15) is 4.21 Å². The second kappa shape index (κ2) is 2.80. The normalized spacial score (nSPS) is 13.4. The lowest BCUT2D eigenvalue weighted by Crippen LogP contribution is -1.99. The third kappa shape index (κ3) is 1.99. The van der Waals surface area contributed by atoms with E-state index >= 15 is 0 Å². The van der Waals surface area contributed by atoms with Crippen LogP contribution in [0.15, 0.2) is 24.5 Å². The smallest absolute Gasteiger partial charge is 0.173 e. The van der Waals surface area contributed by atoms with E-state index < -0.39 is 11.1 Å².